The maximum Gasteiger partial charge on any atom is 0.127 e. The lowest BCUT2D eigenvalue weighted by Gasteiger charge is -2.39. The molecule has 20 heavy (non-hydrogen) atoms. The molecule has 2 aliphatic rings. The van der Waals surface area contributed by atoms with Crippen molar-refractivity contribution in [1.29, 1.82) is 0 Å². The van der Waals surface area contributed by atoms with E-state index in [-0.39, 0.29) is 5.41 Å². The second-order valence-corrected chi connectivity index (χ2v) is 7.59. The van der Waals surface area contributed by atoms with E-state index in [4.69, 9.17) is 0 Å². The Balaban J connectivity index is 1.75. The van der Waals surface area contributed by atoms with E-state index in [2.05, 4.69) is 23.3 Å². The third-order valence-corrected chi connectivity index (χ3v) is 6.27. The molecule has 0 aromatic carbocycles. The van der Waals surface area contributed by atoms with Gasteiger partial charge >= 0.3 is 0 Å². The third kappa shape index (κ3) is 2.71. The maximum absolute atomic E-state index is 11.8. The molecule has 1 fully saturated rings. The highest BCUT2D eigenvalue weighted by atomic mass is 32.1. The van der Waals surface area contributed by atoms with Crippen LogP contribution in [0.5, 0.6) is 0 Å². The van der Waals surface area contributed by atoms with Crippen molar-refractivity contribution in [2.75, 3.05) is 13.1 Å². The van der Waals surface area contributed by atoms with Gasteiger partial charge in [0.25, 0.3) is 0 Å². The fourth-order valence-electron chi connectivity index (χ4n) is 3.93. The minimum atomic E-state index is -0.0711. The second kappa shape index (κ2) is 5.98. The fraction of sp³-hybridized carbons (Fsp3) is 0.706. The van der Waals surface area contributed by atoms with Crippen LogP contribution in [0, 0.1) is 5.41 Å². The van der Waals surface area contributed by atoms with Crippen LogP contribution in [0.3, 0.4) is 0 Å². The van der Waals surface area contributed by atoms with Gasteiger partial charge in [0.1, 0.15) is 6.29 Å². The molecule has 1 aromatic heterocycles. The molecule has 0 bridgehead atoms. The number of rotatable bonds is 3. The Labute approximate surface area is 126 Å². The lowest BCUT2D eigenvalue weighted by molar-refractivity contribution is -0.118. The summed E-state index contributed by atoms with van der Waals surface area (Å²) in [6.07, 6.45) is 9.70. The van der Waals surface area contributed by atoms with E-state index in [1.807, 2.05) is 11.3 Å². The summed E-state index contributed by atoms with van der Waals surface area (Å²) in [4.78, 5) is 15.9. The second-order valence-electron chi connectivity index (χ2n) is 6.59. The Kier molecular flexibility index (Phi) is 4.27. The van der Waals surface area contributed by atoms with Gasteiger partial charge in [0, 0.05) is 29.4 Å². The number of fused-ring (bicyclic) bond motifs is 1. The predicted octanol–water partition coefficient (Wildman–Crippen LogP) is 4.21. The van der Waals surface area contributed by atoms with Crippen LogP contribution in [0.1, 0.15) is 61.9 Å². The quantitative estimate of drug-likeness (QED) is 0.614. The number of hydrogen-bond donors (Lipinski definition) is 0. The molecule has 1 saturated carbocycles. The average Bonchev–Trinajstić information content (AvgIpc) is 2.83. The molecule has 0 N–H and O–H groups in total. The Morgan fingerprint density at radius 3 is 2.80 bits per heavy atom. The number of aldehydes is 1. The largest absolute Gasteiger partial charge is 0.303 e. The highest BCUT2D eigenvalue weighted by Crippen LogP contribution is 2.39. The molecule has 1 aromatic rings. The molecular formula is C17H25NOS. The summed E-state index contributed by atoms with van der Waals surface area (Å²) >= 11 is 1.89. The van der Waals surface area contributed by atoms with Crippen LogP contribution < -0.4 is 0 Å². The van der Waals surface area contributed by atoms with Crippen LogP contribution in [-0.2, 0) is 11.2 Å². The molecule has 0 amide bonds. The molecule has 0 spiro atoms. The predicted molar refractivity (Wildman–Crippen MR) is 84.2 cm³/mol. The van der Waals surface area contributed by atoms with Gasteiger partial charge in [0.2, 0.25) is 0 Å². The molecule has 2 nitrogen and oxygen atoms in total. The fourth-order valence-corrected chi connectivity index (χ4v) is 4.89. The van der Waals surface area contributed by atoms with E-state index in [9.17, 15) is 4.79 Å². The van der Waals surface area contributed by atoms with Gasteiger partial charge in [0.15, 0.2) is 0 Å². The van der Waals surface area contributed by atoms with Crippen molar-refractivity contribution in [3.8, 4) is 0 Å². The van der Waals surface area contributed by atoms with Crippen LogP contribution in [0.15, 0.2) is 11.4 Å². The van der Waals surface area contributed by atoms with Gasteiger partial charge in [-0.3, -0.25) is 4.90 Å². The van der Waals surface area contributed by atoms with Gasteiger partial charge < -0.3 is 4.79 Å². The number of carbonyl (C=O) groups excluding carboxylic acids is 1. The molecule has 1 aliphatic carbocycles. The highest BCUT2D eigenvalue weighted by Gasteiger charge is 2.35. The van der Waals surface area contributed by atoms with Crippen molar-refractivity contribution in [2.45, 2.75) is 57.9 Å². The van der Waals surface area contributed by atoms with Crippen LogP contribution in [-0.4, -0.2) is 24.3 Å². The van der Waals surface area contributed by atoms with E-state index >= 15 is 0 Å². The Morgan fingerprint density at radius 1 is 1.35 bits per heavy atom. The van der Waals surface area contributed by atoms with Gasteiger partial charge in [-0.05, 0) is 43.2 Å². The van der Waals surface area contributed by atoms with Gasteiger partial charge in [-0.15, -0.1) is 11.3 Å². The van der Waals surface area contributed by atoms with E-state index in [1.165, 1.54) is 37.5 Å². The Bertz CT molecular complexity index is 459. The summed E-state index contributed by atoms with van der Waals surface area (Å²) < 4.78 is 0. The van der Waals surface area contributed by atoms with Crippen LogP contribution in [0.25, 0.3) is 0 Å². The first kappa shape index (κ1) is 14.3. The van der Waals surface area contributed by atoms with Crippen LogP contribution in [0.2, 0.25) is 0 Å². The zero-order valence-corrected chi connectivity index (χ0v) is 13.3. The van der Waals surface area contributed by atoms with Crippen molar-refractivity contribution in [3.63, 3.8) is 0 Å². The molecule has 3 heteroatoms. The summed E-state index contributed by atoms with van der Waals surface area (Å²) in [5, 5.41) is 2.21. The molecule has 2 heterocycles. The van der Waals surface area contributed by atoms with Crippen LogP contribution >= 0.6 is 11.3 Å². The molecule has 3 rings (SSSR count). The first-order valence-corrected chi connectivity index (χ1v) is 8.89. The Morgan fingerprint density at radius 2 is 2.10 bits per heavy atom. The smallest absolute Gasteiger partial charge is 0.127 e. The minimum absolute atomic E-state index is 0.0711. The molecule has 1 atom stereocenters. The SMILES string of the molecule is CC1c2ccsc2CCN1CC1(C=O)CCCCCC1. The highest BCUT2D eigenvalue weighted by molar-refractivity contribution is 7.10. The summed E-state index contributed by atoms with van der Waals surface area (Å²) in [6.45, 7) is 4.39. The molecule has 1 unspecified atom stereocenters. The average molecular weight is 291 g/mol. The van der Waals surface area contributed by atoms with E-state index < -0.39 is 0 Å². The van der Waals surface area contributed by atoms with Gasteiger partial charge in [-0.25, -0.2) is 0 Å². The van der Waals surface area contributed by atoms with Gasteiger partial charge in [-0.2, -0.15) is 0 Å². The first-order chi connectivity index (χ1) is 9.74. The Hall–Kier alpha value is -0.670. The molecule has 1 aliphatic heterocycles. The van der Waals surface area contributed by atoms with Crippen molar-refractivity contribution < 1.29 is 4.79 Å². The lowest BCUT2D eigenvalue weighted by Crippen LogP contribution is -2.42. The van der Waals surface area contributed by atoms with Crippen molar-refractivity contribution in [3.05, 3.63) is 21.9 Å². The summed E-state index contributed by atoms with van der Waals surface area (Å²) in [5.41, 5.74) is 1.43. The molecule has 0 saturated heterocycles. The number of carbonyl (C=O) groups is 1. The minimum Gasteiger partial charge on any atom is -0.303 e. The molecule has 0 radical (unpaired) electrons. The van der Waals surface area contributed by atoms with Crippen molar-refractivity contribution >= 4 is 17.6 Å². The number of thiophene rings is 1. The first-order valence-electron chi connectivity index (χ1n) is 8.01. The van der Waals surface area contributed by atoms with Crippen molar-refractivity contribution in [1.82, 2.24) is 4.90 Å². The normalized spacial score (nSPS) is 26.8. The number of nitrogens with zero attached hydrogens (tertiary/aromatic N) is 1. The van der Waals surface area contributed by atoms with Gasteiger partial charge in [-0.1, -0.05) is 25.7 Å². The number of hydrogen-bond acceptors (Lipinski definition) is 3. The maximum atomic E-state index is 11.8. The standard InChI is InChI=1S/C17H25NOS/c1-14-15-7-11-20-16(15)6-10-18(14)12-17(13-19)8-4-2-3-5-9-17/h7,11,13-14H,2-6,8-10,12H2,1H3. The summed E-state index contributed by atoms with van der Waals surface area (Å²) in [5.74, 6) is 0. The molecular weight excluding hydrogens is 266 g/mol. The third-order valence-electron chi connectivity index (χ3n) is 5.27. The lowest BCUT2D eigenvalue weighted by atomic mass is 9.80. The molecule has 110 valence electrons. The van der Waals surface area contributed by atoms with E-state index in [1.54, 1.807) is 4.88 Å². The zero-order chi connectivity index (χ0) is 14.0. The zero-order valence-electron chi connectivity index (χ0n) is 12.4. The monoisotopic (exact) mass is 291 g/mol. The van der Waals surface area contributed by atoms with Gasteiger partial charge in [0.05, 0.1) is 0 Å². The van der Waals surface area contributed by atoms with Crippen molar-refractivity contribution in [2.24, 2.45) is 5.41 Å². The topological polar surface area (TPSA) is 20.3 Å². The summed E-state index contributed by atoms with van der Waals surface area (Å²) in [7, 11) is 0. The van der Waals surface area contributed by atoms with Crippen LogP contribution in [0.4, 0.5) is 0 Å². The van der Waals surface area contributed by atoms with E-state index in [0.29, 0.717) is 6.04 Å². The summed E-state index contributed by atoms with van der Waals surface area (Å²) in [6, 6.07) is 2.75. The van der Waals surface area contributed by atoms with E-state index in [0.717, 1.165) is 32.4 Å².